The summed E-state index contributed by atoms with van der Waals surface area (Å²) in [6.07, 6.45) is 0.725. The molecule has 9 heteroatoms. The van der Waals surface area contributed by atoms with Gasteiger partial charge in [0, 0.05) is 18.2 Å². The number of aromatic nitrogens is 4. The molecule has 170 valence electrons. The predicted molar refractivity (Wildman–Crippen MR) is 125 cm³/mol. The standard InChI is InChI=1S/C25H19F3N6/c26-17-8-4-7-16(13-17)22-21-23(29)34(20-14-18(27)9-10-19(20)28)33-24(21)32-25(31-22)30-12-11-15-5-2-1-3-6-15/h1-10,13-14H,11-12,29H2,(H,30,32,33). The first-order valence-corrected chi connectivity index (χ1v) is 10.5. The molecule has 0 atom stereocenters. The molecule has 0 spiro atoms. The van der Waals surface area contributed by atoms with E-state index >= 15 is 0 Å². The first-order chi connectivity index (χ1) is 16.5. The fourth-order valence-corrected chi connectivity index (χ4v) is 3.73. The summed E-state index contributed by atoms with van der Waals surface area (Å²) in [7, 11) is 0. The quantitative estimate of drug-likeness (QED) is 0.367. The van der Waals surface area contributed by atoms with Crippen molar-refractivity contribution in [2.24, 2.45) is 0 Å². The van der Waals surface area contributed by atoms with Crippen molar-refractivity contribution in [1.29, 1.82) is 0 Å². The maximum absolute atomic E-state index is 14.5. The van der Waals surface area contributed by atoms with Gasteiger partial charge >= 0.3 is 0 Å². The Morgan fingerprint density at radius 3 is 2.44 bits per heavy atom. The fraction of sp³-hybridized carbons (Fsp3) is 0.0800. The second-order valence-corrected chi connectivity index (χ2v) is 7.66. The van der Waals surface area contributed by atoms with Crippen molar-refractivity contribution in [2.45, 2.75) is 6.42 Å². The van der Waals surface area contributed by atoms with Gasteiger partial charge in [-0.2, -0.15) is 4.98 Å². The highest BCUT2D eigenvalue weighted by Crippen LogP contribution is 2.33. The number of hydrogen-bond acceptors (Lipinski definition) is 5. The molecule has 0 aliphatic carbocycles. The van der Waals surface area contributed by atoms with E-state index in [1.54, 1.807) is 12.1 Å². The zero-order valence-corrected chi connectivity index (χ0v) is 17.8. The Morgan fingerprint density at radius 1 is 0.853 bits per heavy atom. The zero-order valence-electron chi connectivity index (χ0n) is 17.8. The van der Waals surface area contributed by atoms with Gasteiger partial charge in [-0.15, -0.1) is 5.10 Å². The molecule has 3 N–H and O–H groups in total. The Labute approximate surface area is 192 Å². The van der Waals surface area contributed by atoms with Crippen LogP contribution < -0.4 is 11.1 Å². The molecule has 0 unspecified atom stereocenters. The number of anilines is 2. The molecule has 2 aromatic heterocycles. The van der Waals surface area contributed by atoms with E-state index in [2.05, 4.69) is 20.4 Å². The molecular formula is C25H19F3N6. The van der Waals surface area contributed by atoms with Gasteiger partial charge in [-0.1, -0.05) is 42.5 Å². The van der Waals surface area contributed by atoms with Gasteiger partial charge < -0.3 is 11.1 Å². The van der Waals surface area contributed by atoms with Crippen LogP contribution in [0, 0.1) is 17.5 Å². The molecule has 5 aromatic rings. The van der Waals surface area contributed by atoms with E-state index in [4.69, 9.17) is 5.73 Å². The fourth-order valence-electron chi connectivity index (χ4n) is 3.73. The van der Waals surface area contributed by atoms with Gasteiger partial charge in [-0.05, 0) is 36.2 Å². The number of benzene rings is 3. The molecule has 0 amide bonds. The monoisotopic (exact) mass is 460 g/mol. The number of nitrogens with one attached hydrogen (secondary N) is 1. The summed E-state index contributed by atoms with van der Waals surface area (Å²) < 4.78 is 43.4. The van der Waals surface area contributed by atoms with Crippen molar-refractivity contribution < 1.29 is 13.2 Å². The van der Waals surface area contributed by atoms with Crippen molar-refractivity contribution in [1.82, 2.24) is 19.7 Å². The lowest BCUT2D eigenvalue weighted by Crippen LogP contribution is -2.08. The van der Waals surface area contributed by atoms with E-state index in [-0.39, 0.29) is 23.1 Å². The molecule has 0 radical (unpaired) electrons. The minimum absolute atomic E-state index is 0.00889. The number of nitrogens with two attached hydrogens (primary N) is 1. The van der Waals surface area contributed by atoms with Crippen molar-refractivity contribution in [2.75, 3.05) is 17.6 Å². The molecular weight excluding hydrogens is 441 g/mol. The van der Waals surface area contributed by atoms with Crippen LogP contribution >= 0.6 is 0 Å². The topological polar surface area (TPSA) is 81.7 Å². The summed E-state index contributed by atoms with van der Waals surface area (Å²) in [6, 6.07) is 18.7. The van der Waals surface area contributed by atoms with Crippen molar-refractivity contribution in [3.8, 4) is 16.9 Å². The molecule has 0 aliphatic rings. The summed E-state index contributed by atoms with van der Waals surface area (Å²) in [6.45, 7) is 0.535. The highest BCUT2D eigenvalue weighted by Gasteiger charge is 2.21. The Balaban J connectivity index is 1.61. The Hall–Kier alpha value is -4.40. The molecule has 3 aromatic carbocycles. The molecule has 34 heavy (non-hydrogen) atoms. The minimum atomic E-state index is -0.706. The van der Waals surface area contributed by atoms with Crippen molar-refractivity contribution >= 4 is 22.8 Å². The van der Waals surface area contributed by atoms with E-state index in [1.807, 2.05) is 30.3 Å². The van der Waals surface area contributed by atoms with Crippen molar-refractivity contribution in [3.05, 3.63) is 95.8 Å². The van der Waals surface area contributed by atoms with Crippen molar-refractivity contribution in [3.63, 3.8) is 0 Å². The largest absolute Gasteiger partial charge is 0.383 e. The summed E-state index contributed by atoms with van der Waals surface area (Å²) in [5, 5.41) is 7.79. The molecule has 0 aliphatic heterocycles. The lowest BCUT2D eigenvalue weighted by atomic mass is 10.1. The van der Waals surface area contributed by atoms with Gasteiger partial charge in [0.2, 0.25) is 5.95 Å². The predicted octanol–water partition coefficient (Wildman–Crippen LogP) is 5.14. The second kappa shape index (κ2) is 8.86. The number of nitrogen functional groups attached to an aromatic ring is 1. The van der Waals surface area contributed by atoms with Gasteiger partial charge in [-0.3, -0.25) is 0 Å². The molecule has 0 bridgehead atoms. The normalized spacial score (nSPS) is 11.1. The van der Waals surface area contributed by atoms with E-state index in [1.165, 1.54) is 12.1 Å². The highest BCUT2D eigenvalue weighted by molar-refractivity contribution is 5.99. The molecule has 0 saturated heterocycles. The smallest absolute Gasteiger partial charge is 0.225 e. The maximum atomic E-state index is 14.5. The van der Waals surface area contributed by atoms with Gasteiger partial charge in [0.25, 0.3) is 0 Å². The molecule has 6 nitrogen and oxygen atoms in total. The summed E-state index contributed by atoms with van der Waals surface area (Å²) in [5.41, 5.74) is 8.22. The van der Waals surface area contributed by atoms with Crippen LogP contribution in [-0.4, -0.2) is 26.3 Å². The highest BCUT2D eigenvalue weighted by atomic mass is 19.1. The number of nitrogens with zero attached hydrogens (tertiary/aromatic N) is 4. The average Bonchev–Trinajstić information content (AvgIpc) is 3.17. The maximum Gasteiger partial charge on any atom is 0.225 e. The first kappa shape index (κ1) is 21.4. The van der Waals surface area contributed by atoms with Crippen LogP contribution in [-0.2, 0) is 6.42 Å². The van der Waals surface area contributed by atoms with Crippen LogP contribution in [0.5, 0.6) is 0 Å². The second-order valence-electron chi connectivity index (χ2n) is 7.66. The van der Waals surface area contributed by atoms with Crippen LogP contribution in [0.3, 0.4) is 0 Å². The van der Waals surface area contributed by atoms with E-state index in [0.717, 1.165) is 34.9 Å². The molecule has 2 heterocycles. The number of rotatable bonds is 6. The van der Waals surface area contributed by atoms with E-state index in [0.29, 0.717) is 23.2 Å². The molecule has 5 rings (SSSR count). The van der Waals surface area contributed by atoms with Crippen LogP contribution in [0.2, 0.25) is 0 Å². The summed E-state index contributed by atoms with van der Waals surface area (Å²) >= 11 is 0. The van der Waals surface area contributed by atoms with Crippen LogP contribution in [0.25, 0.3) is 28.0 Å². The minimum Gasteiger partial charge on any atom is -0.383 e. The van der Waals surface area contributed by atoms with Gasteiger partial charge in [0.05, 0.1) is 11.1 Å². The van der Waals surface area contributed by atoms with Crippen LogP contribution in [0.1, 0.15) is 5.56 Å². The molecule has 0 saturated carbocycles. The number of hydrogen-bond donors (Lipinski definition) is 2. The third-order valence-corrected chi connectivity index (χ3v) is 5.34. The average molecular weight is 460 g/mol. The third-order valence-electron chi connectivity index (χ3n) is 5.34. The number of halogens is 3. The van der Waals surface area contributed by atoms with E-state index < -0.39 is 17.5 Å². The van der Waals surface area contributed by atoms with Crippen LogP contribution in [0.4, 0.5) is 24.9 Å². The van der Waals surface area contributed by atoms with E-state index in [9.17, 15) is 13.2 Å². The van der Waals surface area contributed by atoms with Gasteiger partial charge in [0.15, 0.2) is 5.65 Å². The Kier molecular flexibility index (Phi) is 5.59. The summed E-state index contributed by atoms with van der Waals surface area (Å²) in [5.74, 6) is -1.54. The first-order valence-electron chi connectivity index (χ1n) is 10.5. The Morgan fingerprint density at radius 2 is 1.65 bits per heavy atom. The lowest BCUT2D eigenvalue weighted by Gasteiger charge is -2.09. The van der Waals surface area contributed by atoms with Gasteiger partial charge in [0.1, 0.15) is 29.0 Å². The lowest BCUT2D eigenvalue weighted by molar-refractivity contribution is 0.588. The van der Waals surface area contributed by atoms with Gasteiger partial charge in [-0.25, -0.2) is 22.8 Å². The Bertz CT molecular complexity index is 1480. The molecule has 0 fully saturated rings. The zero-order chi connectivity index (χ0) is 23.7. The number of fused-ring (bicyclic) bond motifs is 1. The third kappa shape index (κ3) is 4.15. The summed E-state index contributed by atoms with van der Waals surface area (Å²) in [4.78, 5) is 8.99. The van der Waals surface area contributed by atoms with Crippen LogP contribution in [0.15, 0.2) is 72.8 Å². The SMILES string of the molecule is Nc1c2c(-c3cccc(F)c3)nc(NCCc3ccccc3)nc2nn1-c1cc(F)ccc1F.